The summed E-state index contributed by atoms with van der Waals surface area (Å²) in [6, 6.07) is 0.427. The minimum absolute atomic E-state index is 0.0489. The smallest absolute Gasteiger partial charge is 0.315 e. The second-order valence-corrected chi connectivity index (χ2v) is 12.0. The number of amides is 2. The molecule has 0 aromatic heterocycles. The van der Waals surface area contributed by atoms with E-state index in [0.29, 0.717) is 5.25 Å². The van der Waals surface area contributed by atoms with Crippen LogP contribution in [0.25, 0.3) is 0 Å². The van der Waals surface area contributed by atoms with E-state index >= 15 is 0 Å². The van der Waals surface area contributed by atoms with E-state index in [2.05, 4.69) is 17.6 Å². The predicted molar refractivity (Wildman–Crippen MR) is 145 cm³/mol. The van der Waals surface area contributed by atoms with E-state index in [4.69, 9.17) is 0 Å². The zero-order chi connectivity index (χ0) is 24.4. The van der Waals surface area contributed by atoms with Gasteiger partial charge in [-0.2, -0.15) is 11.8 Å². The minimum atomic E-state index is -0.631. The van der Waals surface area contributed by atoms with Gasteiger partial charge in [-0.25, -0.2) is 4.79 Å². The summed E-state index contributed by atoms with van der Waals surface area (Å²) in [6.45, 7) is 2.28. The number of fused-ring (bicyclic) bond motifs is 1. The van der Waals surface area contributed by atoms with Gasteiger partial charge in [0.15, 0.2) is 0 Å². The Morgan fingerprint density at radius 2 is 1.32 bits per heavy atom. The van der Waals surface area contributed by atoms with Crippen LogP contribution in [0.1, 0.15) is 135 Å². The number of carbonyl (C=O) groups excluding carboxylic acids is 1. The van der Waals surface area contributed by atoms with E-state index in [1.807, 2.05) is 11.8 Å². The van der Waals surface area contributed by atoms with Crippen molar-refractivity contribution in [3.05, 3.63) is 0 Å². The van der Waals surface area contributed by atoms with Gasteiger partial charge in [0, 0.05) is 11.0 Å². The molecule has 0 aromatic rings. The summed E-state index contributed by atoms with van der Waals surface area (Å²) in [5.41, 5.74) is 0. The fourth-order valence-electron chi connectivity index (χ4n) is 5.54. The van der Waals surface area contributed by atoms with Crippen molar-refractivity contribution in [2.45, 2.75) is 153 Å². The Morgan fingerprint density at radius 3 is 1.85 bits per heavy atom. The Morgan fingerprint density at radius 1 is 0.824 bits per heavy atom. The number of nitrogens with one attached hydrogen (secondary N) is 2. The highest BCUT2D eigenvalue weighted by Crippen LogP contribution is 2.33. The molecule has 2 heterocycles. The number of unbranched alkanes of at least 4 members (excludes halogenated alkanes) is 15. The third-order valence-corrected chi connectivity index (χ3v) is 9.24. The first-order chi connectivity index (χ1) is 16.6. The zero-order valence-electron chi connectivity index (χ0n) is 21.8. The molecule has 4 atom stereocenters. The van der Waals surface area contributed by atoms with Gasteiger partial charge in [-0.05, 0) is 19.3 Å². The normalized spacial score (nSPS) is 22.4. The number of hydrogen-bond acceptors (Lipinski definition) is 3. The van der Waals surface area contributed by atoms with Crippen LogP contribution in [0.2, 0.25) is 0 Å². The van der Waals surface area contributed by atoms with Crippen LogP contribution in [0.5, 0.6) is 0 Å². The Bertz CT molecular complexity index is 560. The molecule has 6 heteroatoms. The molecule has 2 saturated heterocycles. The second kappa shape index (κ2) is 18.4. The minimum Gasteiger partial charge on any atom is -0.481 e. The van der Waals surface area contributed by atoms with Crippen LogP contribution in [-0.4, -0.2) is 40.2 Å². The predicted octanol–water partition coefficient (Wildman–Crippen LogP) is 7.67. The van der Waals surface area contributed by atoms with Crippen LogP contribution < -0.4 is 10.6 Å². The molecule has 1 unspecified atom stereocenters. The molecule has 5 nitrogen and oxygen atoms in total. The Balaban J connectivity index is 1.37. The number of thioether (sulfide) groups is 1. The van der Waals surface area contributed by atoms with Crippen LogP contribution in [0.3, 0.4) is 0 Å². The first-order valence-electron chi connectivity index (χ1n) is 14.5. The number of carboxylic acid groups (broad SMARTS) is 1. The van der Waals surface area contributed by atoms with Crippen molar-refractivity contribution in [1.82, 2.24) is 10.6 Å². The molecule has 0 radical (unpaired) electrons. The van der Waals surface area contributed by atoms with Crippen LogP contribution in [-0.2, 0) is 4.79 Å². The Kier molecular flexibility index (Phi) is 15.8. The summed E-state index contributed by atoms with van der Waals surface area (Å²) in [6.07, 6.45) is 25.1. The van der Waals surface area contributed by atoms with E-state index in [1.165, 1.54) is 96.3 Å². The quantitative estimate of drug-likeness (QED) is 0.106. The molecule has 0 aliphatic carbocycles. The number of aliphatic carboxylic acids is 1. The van der Waals surface area contributed by atoms with Crippen LogP contribution in [0, 0.1) is 5.92 Å². The van der Waals surface area contributed by atoms with Crippen molar-refractivity contribution in [1.29, 1.82) is 0 Å². The first-order valence-corrected chi connectivity index (χ1v) is 15.6. The average molecular weight is 497 g/mol. The molecule has 2 aliphatic rings. The Hall–Kier alpha value is -0.910. The largest absolute Gasteiger partial charge is 0.481 e. The maximum Gasteiger partial charge on any atom is 0.315 e. The van der Waals surface area contributed by atoms with Gasteiger partial charge in [0.05, 0.1) is 18.0 Å². The molecule has 0 aromatic carbocycles. The first kappa shape index (κ1) is 29.3. The summed E-state index contributed by atoms with van der Waals surface area (Å²) >= 11 is 1.91. The summed E-state index contributed by atoms with van der Waals surface area (Å²) in [7, 11) is 0. The van der Waals surface area contributed by atoms with Gasteiger partial charge in [-0.1, -0.05) is 116 Å². The van der Waals surface area contributed by atoms with Gasteiger partial charge >= 0.3 is 12.0 Å². The number of urea groups is 1. The maximum absolute atomic E-state index is 11.7. The van der Waals surface area contributed by atoms with Crippen LogP contribution in [0.15, 0.2) is 0 Å². The molecule has 2 amide bonds. The third-order valence-electron chi connectivity index (χ3n) is 7.73. The lowest BCUT2D eigenvalue weighted by Crippen LogP contribution is -2.36. The zero-order valence-corrected chi connectivity index (χ0v) is 22.6. The summed E-state index contributed by atoms with van der Waals surface area (Å²) in [5.74, 6) is 0.134. The molecule has 0 spiro atoms. The SMILES string of the molecule is CCCCCCCCCCCCCCCCCCC(CCC[C@@H]1SC[C@@H]2NC(=O)N[C@@H]21)C(=O)O. The van der Waals surface area contributed by atoms with E-state index in [0.717, 1.165) is 37.9 Å². The van der Waals surface area contributed by atoms with Crippen molar-refractivity contribution in [3.63, 3.8) is 0 Å². The molecule has 2 fully saturated rings. The van der Waals surface area contributed by atoms with Gasteiger partial charge in [-0.15, -0.1) is 0 Å². The van der Waals surface area contributed by atoms with E-state index < -0.39 is 5.97 Å². The van der Waals surface area contributed by atoms with Crippen molar-refractivity contribution >= 4 is 23.8 Å². The van der Waals surface area contributed by atoms with Gasteiger partial charge in [-0.3, -0.25) is 4.79 Å². The topological polar surface area (TPSA) is 78.4 Å². The molecule has 198 valence electrons. The maximum atomic E-state index is 11.7. The number of hydrogen-bond donors (Lipinski definition) is 3. The van der Waals surface area contributed by atoms with Gasteiger partial charge in [0.25, 0.3) is 0 Å². The fraction of sp³-hybridized carbons (Fsp3) is 0.929. The molecule has 2 aliphatic heterocycles. The van der Waals surface area contributed by atoms with Crippen molar-refractivity contribution < 1.29 is 14.7 Å². The highest BCUT2D eigenvalue weighted by Gasteiger charge is 2.42. The van der Waals surface area contributed by atoms with Crippen LogP contribution in [0.4, 0.5) is 4.79 Å². The molecule has 0 bridgehead atoms. The number of carbonyl (C=O) groups is 2. The van der Waals surface area contributed by atoms with Gasteiger partial charge in [0.1, 0.15) is 0 Å². The number of rotatable bonds is 22. The van der Waals surface area contributed by atoms with E-state index in [1.54, 1.807) is 0 Å². The molecule has 2 rings (SSSR count). The highest BCUT2D eigenvalue weighted by atomic mass is 32.2. The third kappa shape index (κ3) is 12.2. The van der Waals surface area contributed by atoms with Crippen LogP contribution >= 0.6 is 11.8 Å². The second-order valence-electron chi connectivity index (χ2n) is 10.7. The molecule has 34 heavy (non-hydrogen) atoms. The fourth-order valence-corrected chi connectivity index (χ4v) is 7.08. The molecule has 3 N–H and O–H groups in total. The molecular formula is C28H52N2O3S. The van der Waals surface area contributed by atoms with Gasteiger partial charge in [0.2, 0.25) is 0 Å². The monoisotopic (exact) mass is 496 g/mol. The average Bonchev–Trinajstić information content (AvgIpc) is 3.36. The highest BCUT2D eigenvalue weighted by molar-refractivity contribution is 8.00. The van der Waals surface area contributed by atoms with Gasteiger partial charge < -0.3 is 15.7 Å². The summed E-state index contributed by atoms with van der Waals surface area (Å²) in [4.78, 5) is 23.2. The van der Waals surface area contributed by atoms with Crippen molar-refractivity contribution in [2.24, 2.45) is 5.92 Å². The van der Waals surface area contributed by atoms with Crippen molar-refractivity contribution in [2.75, 3.05) is 5.75 Å². The van der Waals surface area contributed by atoms with E-state index in [9.17, 15) is 14.7 Å². The van der Waals surface area contributed by atoms with Crippen molar-refractivity contribution in [3.8, 4) is 0 Å². The van der Waals surface area contributed by atoms with E-state index in [-0.39, 0.29) is 24.0 Å². The molecular weight excluding hydrogens is 444 g/mol. The number of carboxylic acids is 1. The summed E-state index contributed by atoms with van der Waals surface area (Å²) < 4.78 is 0. The molecule has 0 saturated carbocycles. The Labute approximate surface area is 213 Å². The standard InChI is InChI=1S/C28H52N2O3S/c1-2-3-4-5-6-7-8-9-10-11-12-13-14-15-16-17-19-23(27(31)32)20-18-21-25-26-24(22-34-25)29-28(33)30-26/h23-26H,2-22H2,1H3,(H,31,32)(H2,29,30,33)/t23?,24-,25-,26-/m0/s1. The summed E-state index contributed by atoms with van der Waals surface area (Å²) in [5, 5.41) is 16.0. The lowest BCUT2D eigenvalue weighted by atomic mass is 9.93. The lowest BCUT2D eigenvalue weighted by Gasteiger charge is -2.18. The lowest BCUT2D eigenvalue weighted by molar-refractivity contribution is -0.142.